The maximum Gasteiger partial charge on any atom is 0.160 e. The third-order valence-corrected chi connectivity index (χ3v) is 11.5. The molecule has 0 bridgehead atoms. The highest BCUT2D eigenvalue weighted by atomic mass is 16.3. The molecule has 0 saturated heterocycles. The van der Waals surface area contributed by atoms with E-state index in [1.165, 1.54) is 49.5 Å². The van der Waals surface area contributed by atoms with Gasteiger partial charge in [-0.15, -0.1) is 0 Å². The van der Waals surface area contributed by atoms with Crippen molar-refractivity contribution in [3.05, 3.63) is 181 Å². The first-order valence-corrected chi connectivity index (χ1v) is 18.6. The number of hydrogen-bond acceptors (Lipinski definition) is 3. The molecule has 0 aliphatic heterocycles. The lowest BCUT2D eigenvalue weighted by atomic mass is 9.81. The van der Waals surface area contributed by atoms with Crippen molar-refractivity contribution in [3.8, 4) is 56.2 Å². The molecule has 0 saturated carbocycles. The molecule has 1 aliphatic rings. The number of fused-ring (bicyclic) bond motifs is 9. The lowest BCUT2D eigenvalue weighted by Crippen LogP contribution is -2.15. The Morgan fingerprint density at radius 1 is 0.426 bits per heavy atom. The van der Waals surface area contributed by atoms with Gasteiger partial charge < -0.3 is 4.42 Å². The van der Waals surface area contributed by atoms with Gasteiger partial charge in [-0.05, 0) is 79.2 Å². The summed E-state index contributed by atoms with van der Waals surface area (Å²) in [7, 11) is 0. The standard InChI is InChI=1S/C51H34N2O/c1-51(2)43-28-24-31-13-6-7-16-35(31)48(43)41-25-23-33(29-44(41)51)34-26-27-38(37-18-9-8-17-36(34)37)45-30-46(53-50(52-45)32-14-4-3-5-15-32)42-21-12-20-40-39-19-10-11-22-47(39)54-49(40)42/h3-30H,1-2H3. The molecule has 254 valence electrons. The van der Waals surface area contributed by atoms with Crippen LogP contribution in [-0.4, -0.2) is 9.97 Å². The van der Waals surface area contributed by atoms with Gasteiger partial charge in [-0.3, -0.25) is 0 Å². The Kier molecular flexibility index (Phi) is 6.60. The Morgan fingerprint density at radius 2 is 1.07 bits per heavy atom. The topological polar surface area (TPSA) is 38.9 Å². The molecule has 2 heterocycles. The number of hydrogen-bond donors (Lipinski definition) is 0. The third-order valence-electron chi connectivity index (χ3n) is 11.5. The van der Waals surface area contributed by atoms with Crippen molar-refractivity contribution < 1.29 is 4.42 Å². The van der Waals surface area contributed by atoms with Crippen LogP contribution in [0.25, 0.3) is 99.6 Å². The van der Waals surface area contributed by atoms with Gasteiger partial charge in [-0.1, -0.05) is 159 Å². The van der Waals surface area contributed by atoms with Crippen molar-refractivity contribution in [2.75, 3.05) is 0 Å². The highest BCUT2D eigenvalue weighted by Crippen LogP contribution is 2.52. The van der Waals surface area contributed by atoms with Crippen molar-refractivity contribution in [1.29, 1.82) is 0 Å². The molecule has 0 fully saturated rings. The first-order valence-electron chi connectivity index (χ1n) is 18.6. The minimum Gasteiger partial charge on any atom is -0.455 e. The maximum absolute atomic E-state index is 6.49. The molecule has 0 N–H and O–H groups in total. The summed E-state index contributed by atoms with van der Waals surface area (Å²) in [6.45, 7) is 4.72. The summed E-state index contributed by atoms with van der Waals surface area (Å²) < 4.78 is 6.49. The van der Waals surface area contributed by atoms with Crippen LogP contribution in [0.15, 0.2) is 174 Å². The van der Waals surface area contributed by atoms with Crippen LogP contribution < -0.4 is 0 Å². The smallest absolute Gasteiger partial charge is 0.160 e. The molecule has 0 amide bonds. The number of furan rings is 1. The minimum atomic E-state index is -0.117. The molecule has 11 rings (SSSR count). The summed E-state index contributed by atoms with van der Waals surface area (Å²) in [5.41, 5.74) is 14.1. The monoisotopic (exact) mass is 690 g/mol. The second-order valence-electron chi connectivity index (χ2n) is 14.9. The third kappa shape index (κ3) is 4.55. The van der Waals surface area contributed by atoms with E-state index in [4.69, 9.17) is 14.4 Å². The summed E-state index contributed by atoms with van der Waals surface area (Å²) in [5.74, 6) is 0.678. The van der Waals surface area contributed by atoms with Crippen LogP contribution in [0.5, 0.6) is 0 Å². The van der Waals surface area contributed by atoms with E-state index in [1.54, 1.807) is 0 Å². The van der Waals surface area contributed by atoms with Crippen LogP contribution in [0.3, 0.4) is 0 Å². The SMILES string of the molecule is CC1(C)c2cc(-c3ccc(-c4cc(-c5cccc6c5oc5ccccc56)nc(-c5ccccc5)n4)c4ccccc34)ccc2-c2c1ccc1ccccc21. The summed E-state index contributed by atoms with van der Waals surface area (Å²) >= 11 is 0. The Balaban J connectivity index is 1.09. The maximum atomic E-state index is 6.49. The van der Waals surface area contributed by atoms with E-state index < -0.39 is 0 Å². The second-order valence-corrected chi connectivity index (χ2v) is 14.9. The van der Waals surface area contributed by atoms with E-state index >= 15 is 0 Å². The van der Waals surface area contributed by atoms with Crippen LogP contribution in [-0.2, 0) is 5.41 Å². The molecule has 0 radical (unpaired) electrons. The molecular formula is C51H34N2O. The highest BCUT2D eigenvalue weighted by molar-refractivity contribution is 6.10. The minimum absolute atomic E-state index is 0.117. The summed E-state index contributed by atoms with van der Waals surface area (Å²) in [4.78, 5) is 10.4. The zero-order chi connectivity index (χ0) is 36.0. The number of rotatable bonds is 4. The molecule has 10 aromatic rings. The Hall–Kier alpha value is -6.84. The number of nitrogens with zero attached hydrogens (tertiary/aromatic N) is 2. The van der Waals surface area contributed by atoms with Crippen molar-refractivity contribution >= 4 is 43.5 Å². The lowest BCUT2D eigenvalue weighted by Gasteiger charge is -2.22. The van der Waals surface area contributed by atoms with Crippen molar-refractivity contribution in [3.63, 3.8) is 0 Å². The predicted molar refractivity (Wildman–Crippen MR) is 224 cm³/mol. The largest absolute Gasteiger partial charge is 0.455 e. The fourth-order valence-corrected chi connectivity index (χ4v) is 8.84. The van der Waals surface area contributed by atoms with Gasteiger partial charge in [0.25, 0.3) is 0 Å². The summed E-state index contributed by atoms with van der Waals surface area (Å²) in [5, 5.41) is 7.11. The van der Waals surface area contributed by atoms with Crippen LogP contribution in [0.4, 0.5) is 0 Å². The molecule has 1 aliphatic carbocycles. The number of para-hydroxylation sites is 2. The van der Waals surface area contributed by atoms with E-state index in [2.05, 4.69) is 153 Å². The molecule has 0 atom stereocenters. The van der Waals surface area contributed by atoms with Gasteiger partial charge in [0.2, 0.25) is 0 Å². The highest BCUT2D eigenvalue weighted by Gasteiger charge is 2.36. The first kappa shape index (κ1) is 30.8. The molecule has 0 unspecified atom stereocenters. The molecule has 0 spiro atoms. The fraction of sp³-hybridized carbons (Fsp3) is 0.0588. The van der Waals surface area contributed by atoms with Crippen LogP contribution in [0.2, 0.25) is 0 Å². The molecule has 2 aromatic heterocycles. The normalized spacial score (nSPS) is 13.1. The van der Waals surface area contributed by atoms with Crippen molar-refractivity contribution in [2.24, 2.45) is 0 Å². The quantitative estimate of drug-likeness (QED) is 0.184. The van der Waals surface area contributed by atoms with Gasteiger partial charge in [0.05, 0.1) is 11.4 Å². The zero-order valence-electron chi connectivity index (χ0n) is 30.0. The Morgan fingerprint density at radius 3 is 1.91 bits per heavy atom. The number of aromatic nitrogens is 2. The van der Waals surface area contributed by atoms with E-state index in [-0.39, 0.29) is 5.41 Å². The van der Waals surface area contributed by atoms with Crippen molar-refractivity contribution in [2.45, 2.75) is 19.3 Å². The molecule has 8 aromatic carbocycles. The van der Waals surface area contributed by atoms with Gasteiger partial charge in [0.1, 0.15) is 11.2 Å². The van der Waals surface area contributed by atoms with E-state index in [9.17, 15) is 0 Å². The lowest BCUT2D eigenvalue weighted by molar-refractivity contribution is 0.661. The van der Waals surface area contributed by atoms with Crippen molar-refractivity contribution in [1.82, 2.24) is 9.97 Å². The predicted octanol–water partition coefficient (Wildman–Crippen LogP) is 13.7. The van der Waals surface area contributed by atoms with E-state index in [0.29, 0.717) is 5.82 Å². The fourth-order valence-electron chi connectivity index (χ4n) is 8.84. The van der Waals surface area contributed by atoms with E-state index in [0.717, 1.165) is 55.4 Å². The molecule has 3 nitrogen and oxygen atoms in total. The van der Waals surface area contributed by atoms with Crippen LogP contribution >= 0.6 is 0 Å². The van der Waals surface area contributed by atoms with E-state index in [1.807, 2.05) is 30.3 Å². The molecule has 3 heteroatoms. The van der Waals surface area contributed by atoms with Gasteiger partial charge >= 0.3 is 0 Å². The van der Waals surface area contributed by atoms with Gasteiger partial charge in [0, 0.05) is 32.9 Å². The summed E-state index contributed by atoms with van der Waals surface area (Å²) in [6, 6.07) is 60.5. The second kappa shape index (κ2) is 11.6. The Labute approximate surface area is 313 Å². The number of benzene rings is 8. The van der Waals surface area contributed by atoms with Crippen LogP contribution in [0.1, 0.15) is 25.0 Å². The van der Waals surface area contributed by atoms with Gasteiger partial charge in [-0.25, -0.2) is 9.97 Å². The molecular weight excluding hydrogens is 657 g/mol. The van der Waals surface area contributed by atoms with Gasteiger partial charge in [-0.2, -0.15) is 0 Å². The van der Waals surface area contributed by atoms with Gasteiger partial charge in [0.15, 0.2) is 5.82 Å². The molecule has 54 heavy (non-hydrogen) atoms. The summed E-state index contributed by atoms with van der Waals surface area (Å²) in [6.07, 6.45) is 0. The van der Waals surface area contributed by atoms with Crippen LogP contribution in [0, 0.1) is 0 Å². The average Bonchev–Trinajstić information content (AvgIpc) is 3.72. The average molecular weight is 691 g/mol. The first-order chi connectivity index (χ1) is 26.5. The Bertz CT molecular complexity index is 3130. The zero-order valence-corrected chi connectivity index (χ0v) is 30.0.